The van der Waals surface area contributed by atoms with E-state index in [-0.39, 0.29) is 53.1 Å². The minimum atomic E-state index is -1.80. The number of amides is 5. The van der Waals surface area contributed by atoms with Gasteiger partial charge >= 0.3 is 6.03 Å². The Kier molecular flexibility index (Phi) is 6.24. The lowest BCUT2D eigenvalue weighted by molar-refractivity contribution is -0.153. The highest BCUT2D eigenvalue weighted by Gasteiger charge is 2.63. The summed E-state index contributed by atoms with van der Waals surface area (Å²) in [7, 11) is 0. The average Bonchev–Trinajstić information content (AvgIpc) is 2.76. The average molecular weight is 521 g/mol. The Morgan fingerprint density at radius 2 is 1.89 bits per heavy atom. The number of rotatable bonds is 3. The molecule has 5 amide bonds. The minimum absolute atomic E-state index is 0.137. The molecule has 0 bridgehead atoms. The number of nitrogens with one attached hydrogen (secondary N) is 4. The largest absolute Gasteiger partial charge is 0.504 e. The summed E-state index contributed by atoms with van der Waals surface area (Å²) in [5, 5.41) is 26.1. The van der Waals surface area contributed by atoms with E-state index >= 15 is 0 Å². The fraction of sp³-hybridized carbons (Fsp3) is 0.565. The number of ether oxygens (including phenoxy) is 1. The van der Waals surface area contributed by atoms with Crippen LogP contribution in [-0.2, 0) is 25.5 Å². The highest BCUT2D eigenvalue weighted by atomic mass is 35.5. The maximum absolute atomic E-state index is 13.3. The molecule has 194 valence electrons. The summed E-state index contributed by atoms with van der Waals surface area (Å²) < 4.78 is 5.94. The summed E-state index contributed by atoms with van der Waals surface area (Å²) in [6, 6.07) is -1.80. The number of fused-ring (bicyclic) bond motifs is 4. The van der Waals surface area contributed by atoms with Gasteiger partial charge in [-0.25, -0.2) is 9.78 Å². The third-order valence-electron chi connectivity index (χ3n) is 6.59. The molecule has 4 rings (SSSR count). The molecule has 1 aromatic heterocycles. The summed E-state index contributed by atoms with van der Waals surface area (Å²) in [4.78, 5) is 57.1. The summed E-state index contributed by atoms with van der Waals surface area (Å²) >= 11 is 6.60. The lowest BCUT2D eigenvalue weighted by Gasteiger charge is -2.55. The van der Waals surface area contributed by atoms with E-state index in [1.807, 2.05) is 27.7 Å². The molecular weight excluding hydrogens is 492 g/mol. The Bertz CT molecular complexity index is 1170. The number of imide groups is 2. The first kappa shape index (κ1) is 25.8. The van der Waals surface area contributed by atoms with Crippen molar-refractivity contribution in [1.82, 2.24) is 20.9 Å². The number of hydrogen-bond acceptors (Lipinski definition) is 9. The van der Waals surface area contributed by atoms with Crippen molar-refractivity contribution in [2.24, 2.45) is 10.8 Å². The number of pyridine rings is 1. The van der Waals surface area contributed by atoms with Crippen LogP contribution in [0, 0.1) is 16.2 Å². The van der Waals surface area contributed by atoms with Crippen molar-refractivity contribution in [3.05, 3.63) is 16.4 Å². The van der Waals surface area contributed by atoms with Gasteiger partial charge in [-0.2, -0.15) is 0 Å². The van der Waals surface area contributed by atoms with Crippen LogP contribution in [-0.4, -0.2) is 70.9 Å². The van der Waals surface area contributed by atoms with Gasteiger partial charge in [-0.05, 0) is 19.3 Å². The summed E-state index contributed by atoms with van der Waals surface area (Å²) in [5.74, 6) is -2.94. The summed E-state index contributed by atoms with van der Waals surface area (Å²) in [6.07, 6.45) is -1.25. The lowest BCUT2D eigenvalue weighted by Crippen LogP contribution is -2.75. The molecule has 0 aromatic carbocycles. The van der Waals surface area contributed by atoms with Gasteiger partial charge in [0, 0.05) is 19.5 Å². The van der Waals surface area contributed by atoms with Crippen LogP contribution in [0.3, 0.4) is 0 Å². The Balaban J connectivity index is 1.85. The van der Waals surface area contributed by atoms with Crippen LogP contribution in [0.25, 0.3) is 0 Å². The maximum Gasteiger partial charge on any atom is 0.328 e. The first-order chi connectivity index (χ1) is 16.7. The molecule has 3 atom stereocenters. The van der Waals surface area contributed by atoms with Gasteiger partial charge in [0.1, 0.15) is 16.4 Å². The molecule has 2 fully saturated rings. The second kappa shape index (κ2) is 8.70. The van der Waals surface area contributed by atoms with Crippen LogP contribution in [0.1, 0.15) is 46.0 Å². The van der Waals surface area contributed by atoms with Crippen molar-refractivity contribution < 1.29 is 29.0 Å². The lowest BCUT2D eigenvalue weighted by atomic mass is 9.67. The van der Waals surface area contributed by atoms with E-state index in [0.29, 0.717) is 0 Å². The third-order valence-corrected chi connectivity index (χ3v) is 6.95. The monoisotopic (exact) mass is 520 g/mol. The first-order valence-electron chi connectivity index (χ1n) is 11.5. The highest BCUT2D eigenvalue weighted by Crippen LogP contribution is 2.50. The van der Waals surface area contributed by atoms with Crippen molar-refractivity contribution in [2.45, 2.75) is 59.3 Å². The third kappa shape index (κ3) is 4.07. The van der Waals surface area contributed by atoms with E-state index in [1.54, 1.807) is 11.8 Å². The van der Waals surface area contributed by atoms with E-state index in [2.05, 4.69) is 20.9 Å². The summed E-state index contributed by atoms with van der Waals surface area (Å²) in [5.41, 5.74) is -2.62. The van der Waals surface area contributed by atoms with Crippen LogP contribution in [0.4, 0.5) is 10.5 Å². The van der Waals surface area contributed by atoms with Gasteiger partial charge < -0.3 is 20.1 Å². The number of aromatic nitrogens is 1. The molecular formula is C23H29ClN6O6. The number of barbiturate groups is 1. The topological polar surface area (TPSA) is 174 Å². The highest BCUT2D eigenvalue weighted by molar-refractivity contribution is 6.45. The van der Waals surface area contributed by atoms with Crippen LogP contribution < -0.4 is 20.9 Å². The van der Waals surface area contributed by atoms with Crippen molar-refractivity contribution in [3.8, 4) is 5.75 Å². The Morgan fingerprint density at radius 3 is 2.47 bits per heavy atom. The Hall–Kier alpha value is -3.25. The van der Waals surface area contributed by atoms with Gasteiger partial charge in [0.05, 0.1) is 29.6 Å². The molecule has 3 aliphatic rings. The molecule has 3 unspecified atom stereocenters. The number of aromatic hydroxyl groups is 1. The standard InChI is InChI=1S/C23H29ClN6O6/c1-9-7-30-15-11(6-23(17(30)10(2)36-9)19(33)28-21(35)29-20(23)34)27-14(16(31)12(15)24)13(25)18(32)26-8-22(3,4)5/h9-10,17,25,31H,6-8H2,1-5H3,(H,26,32)(H2,28,29,33,34,35). The van der Waals surface area contributed by atoms with E-state index < -0.39 is 52.8 Å². The Labute approximate surface area is 212 Å². The van der Waals surface area contributed by atoms with Gasteiger partial charge in [0.2, 0.25) is 11.8 Å². The fourth-order valence-corrected chi connectivity index (χ4v) is 5.41. The van der Waals surface area contributed by atoms with Crippen LogP contribution >= 0.6 is 11.6 Å². The van der Waals surface area contributed by atoms with Crippen molar-refractivity contribution in [2.75, 3.05) is 18.0 Å². The summed E-state index contributed by atoms with van der Waals surface area (Å²) in [6.45, 7) is 9.73. The molecule has 1 aromatic rings. The molecule has 13 heteroatoms. The second-order valence-electron chi connectivity index (χ2n) is 10.7. The van der Waals surface area contributed by atoms with Crippen LogP contribution in [0.5, 0.6) is 5.75 Å². The SMILES string of the molecule is CC1CN2c3c(nc(C(=N)C(=O)NCC(C)(C)C)c(O)c3Cl)CC3(C(=O)NC(=O)NC3=O)C2C(C)O1. The van der Waals surface area contributed by atoms with Crippen molar-refractivity contribution in [1.29, 1.82) is 5.41 Å². The number of morpholine rings is 1. The van der Waals surface area contributed by atoms with Gasteiger partial charge in [-0.15, -0.1) is 0 Å². The molecule has 5 N–H and O–H groups in total. The second-order valence-corrected chi connectivity index (χ2v) is 11.0. The molecule has 2 saturated heterocycles. The van der Waals surface area contributed by atoms with E-state index in [4.69, 9.17) is 21.7 Å². The number of carbonyl (C=O) groups excluding carboxylic acids is 4. The van der Waals surface area contributed by atoms with Gasteiger partial charge in [-0.1, -0.05) is 32.4 Å². The Morgan fingerprint density at radius 1 is 1.28 bits per heavy atom. The zero-order chi connectivity index (χ0) is 26.7. The van der Waals surface area contributed by atoms with E-state index in [9.17, 15) is 24.3 Å². The molecule has 4 heterocycles. The number of carbonyl (C=O) groups is 4. The molecule has 0 saturated carbocycles. The molecule has 0 radical (unpaired) electrons. The van der Waals surface area contributed by atoms with Gasteiger partial charge in [0.25, 0.3) is 5.91 Å². The molecule has 1 spiro atoms. The number of nitrogens with zero attached hydrogens (tertiary/aromatic N) is 2. The van der Waals surface area contributed by atoms with Crippen molar-refractivity contribution >= 4 is 46.8 Å². The molecule has 3 aliphatic heterocycles. The zero-order valence-electron chi connectivity index (χ0n) is 20.6. The normalized spacial score (nSPS) is 25.0. The minimum Gasteiger partial charge on any atom is -0.504 e. The van der Waals surface area contributed by atoms with Crippen LogP contribution in [0.15, 0.2) is 0 Å². The number of hydrogen-bond donors (Lipinski definition) is 5. The van der Waals surface area contributed by atoms with Gasteiger partial charge in [-0.3, -0.25) is 30.4 Å². The van der Waals surface area contributed by atoms with Crippen LogP contribution in [0.2, 0.25) is 5.02 Å². The number of urea groups is 1. The quantitative estimate of drug-likeness (QED) is 0.288. The van der Waals surface area contributed by atoms with Crippen molar-refractivity contribution in [3.63, 3.8) is 0 Å². The smallest absolute Gasteiger partial charge is 0.328 e. The van der Waals surface area contributed by atoms with Gasteiger partial charge in [0.15, 0.2) is 11.2 Å². The number of halogens is 1. The van der Waals surface area contributed by atoms with E-state index in [0.717, 1.165) is 0 Å². The molecule has 36 heavy (non-hydrogen) atoms. The van der Waals surface area contributed by atoms with E-state index in [1.165, 1.54) is 0 Å². The fourth-order valence-electron chi connectivity index (χ4n) is 5.10. The predicted molar refractivity (Wildman–Crippen MR) is 129 cm³/mol. The predicted octanol–water partition coefficient (Wildman–Crippen LogP) is 0.861. The molecule has 0 aliphatic carbocycles. The maximum atomic E-state index is 13.3. The number of anilines is 1. The molecule has 12 nitrogen and oxygen atoms in total. The first-order valence-corrected chi connectivity index (χ1v) is 11.9. The zero-order valence-corrected chi connectivity index (χ0v) is 21.4.